The number of carbonyl (C=O) groups is 1. The summed E-state index contributed by atoms with van der Waals surface area (Å²) in [5, 5.41) is 10.3. The van der Waals surface area contributed by atoms with E-state index in [1.807, 2.05) is 6.92 Å². The summed E-state index contributed by atoms with van der Waals surface area (Å²) >= 11 is 0. The van der Waals surface area contributed by atoms with Gasteiger partial charge < -0.3 is 9.84 Å². The first-order valence-electron chi connectivity index (χ1n) is 9.20. The zero-order valence-corrected chi connectivity index (χ0v) is 15.8. The number of hydrogen-bond donors (Lipinski definition) is 1. The van der Waals surface area contributed by atoms with Crippen molar-refractivity contribution < 1.29 is 14.6 Å². The fourth-order valence-electron chi connectivity index (χ4n) is 5.70. The summed E-state index contributed by atoms with van der Waals surface area (Å²) < 4.78 is 5.53. The second-order valence-corrected chi connectivity index (χ2v) is 9.11. The lowest BCUT2D eigenvalue weighted by Gasteiger charge is -2.60. The molecule has 0 radical (unpaired) electrons. The predicted molar refractivity (Wildman–Crippen MR) is 97.5 cm³/mol. The van der Waals surface area contributed by atoms with E-state index in [-0.39, 0.29) is 16.9 Å². The molecule has 2 fully saturated rings. The molecule has 5 atom stereocenters. The summed E-state index contributed by atoms with van der Waals surface area (Å²) in [7, 11) is 0. The zero-order valence-electron chi connectivity index (χ0n) is 15.8. The van der Waals surface area contributed by atoms with Crippen LogP contribution in [0.2, 0.25) is 0 Å². The molecule has 3 nitrogen and oxygen atoms in total. The van der Waals surface area contributed by atoms with E-state index in [1.54, 1.807) is 6.08 Å². The Hall–Kier alpha value is -1.09. The van der Waals surface area contributed by atoms with Gasteiger partial charge in [0.1, 0.15) is 6.10 Å². The van der Waals surface area contributed by atoms with Crippen LogP contribution in [-0.4, -0.2) is 23.3 Å². The number of aliphatic hydroxyl groups is 1. The average molecular weight is 335 g/mol. The van der Waals surface area contributed by atoms with Crippen LogP contribution >= 0.6 is 0 Å². The van der Waals surface area contributed by atoms with Gasteiger partial charge in [-0.2, -0.15) is 0 Å². The average Bonchev–Trinajstić information content (AvgIpc) is 2.45. The van der Waals surface area contributed by atoms with Crippen molar-refractivity contribution in [2.75, 3.05) is 0 Å². The van der Waals surface area contributed by atoms with Crippen molar-refractivity contribution in [3.05, 3.63) is 24.8 Å². The second kappa shape index (κ2) is 6.67. The summed E-state index contributed by atoms with van der Waals surface area (Å²) in [4.78, 5) is 11.1. The van der Waals surface area contributed by atoms with Crippen LogP contribution in [-0.2, 0) is 9.53 Å². The molecule has 0 spiro atoms. The van der Waals surface area contributed by atoms with E-state index in [4.69, 9.17) is 4.74 Å². The highest BCUT2D eigenvalue weighted by atomic mass is 16.5. The van der Waals surface area contributed by atoms with Crippen LogP contribution in [0.1, 0.15) is 66.2 Å². The summed E-state index contributed by atoms with van der Waals surface area (Å²) in [6, 6.07) is 0. The van der Waals surface area contributed by atoms with Gasteiger partial charge >= 0.3 is 0 Å². The molecule has 0 heterocycles. The van der Waals surface area contributed by atoms with Crippen LogP contribution in [0.5, 0.6) is 0 Å². The van der Waals surface area contributed by atoms with E-state index in [0.717, 1.165) is 31.3 Å². The first-order valence-corrected chi connectivity index (χ1v) is 9.20. The highest BCUT2D eigenvalue weighted by Crippen LogP contribution is 2.62. The Morgan fingerprint density at radius 2 is 2.04 bits per heavy atom. The van der Waals surface area contributed by atoms with E-state index < -0.39 is 5.60 Å². The Morgan fingerprint density at radius 3 is 2.62 bits per heavy atom. The Bertz CT molecular complexity index is 505. The standard InChI is InChI=1S/C21H34O3/c1-7-20(5,23)12-9-16-15(2)13-17(24-14-22)18-19(3,4)10-8-11-21(16,18)6/h7,14,16-18,23H,1-2,8-13H2,3-6H3/t16-,17-,18-,20+,21+/m0/s1. The minimum Gasteiger partial charge on any atom is -0.464 e. The lowest BCUT2D eigenvalue weighted by Crippen LogP contribution is -2.56. The molecular formula is C21H34O3. The third kappa shape index (κ3) is 3.46. The van der Waals surface area contributed by atoms with E-state index in [9.17, 15) is 9.90 Å². The van der Waals surface area contributed by atoms with Gasteiger partial charge in [-0.15, -0.1) is 6.58 Å². The fourth-order valence-corrected chi connectivity index (χ4v) is 5.70. The highest BCUT2D eigenvalue weighted by Gasteiger charge is 2.57. The molecule has 0 aromatic rings. The van der Waals surface area contributed by atoms with Crippen molar-refractivity contribution in [1.82, 2.24) is 0 Å². The van der Waals surface area contributed by atoms with Crippen LogP contribution in [0.4, 0.5) is 0 Å². The number of hydrogen-bond acceptors (Lipinski definition) is 3. The van der Waals surface area contributed by atoms with Gasteiger partial charge in [0.25, 0.3) is 6.47 Å². The lowest BCUT2D eigenvalue weighted by molar-refractivity contribution is -0.160. The van der Waals surface area contributed by atoms with Crippen LogP contribution in [0, 0.1) is 22.7 Å². The van der Waals surface area contributed by atoms with Crippen molar-refractivity contribution in [2.24, 2.45) is 22.7 Å². The summed E-state index contributed by atoms with van der Waals surface area (Å²) in [6.45, 7) is 17.5. The molecule has 0 amide bonds. The van der Waals surface area contributed by atoms with Crippen molar-refractivity contribution in [1.29, 1.82) is 0 Å². The first-order chi connectivity index (χ1) is 11.1. The van der Waals surface area contributed by atoms with Gasteiger partial charge in [-0.05, 0) is 49.4 Å². The molecule has 1 N–H and O–H groups in total. The normalized spacial score (nSPS) is 37.9. The van der Waals surface area contributed by atoms with Gasteiger partial charge in [0.2, 0.25) is 0 Å². The maximum Gasteiger partial charge on any atom is 0.293 e. The molecule has 0 unspecified atom stereocenters. The minimum absolute atomic E-state index is 0.0575. The molecule has 2 rings (SSSR count). The Balaban J connectivity index is 2.33. The summed E-state index contributed by atoms with van der Waals surface area (Å²) in [5.74, 6) is 0.674. The van der Waals surface area contributed by atoms with Gasteiger partial charge in [-0.25, -0.2) is 0 Å². The zero-order chi connectivity index (χ0) is 18.2. The molecule has 2 aliphatic carbocycles. The first kappa shape index (κ1) is 19.2. The van der Waals surface area contributed by atoms with Crippen LogP contribution in [0.25, 0.3) is 0 Å². The second-order valence-electron chi connectivity index (χ2n) is 9.11. The molecule has 24 heavy (non-hydrogen) atoms. The third-order valence-corrected chi connectivity index (χ3v) is 6.82. The van der Waals surface area contributed by atoms with E-state index in [0.29, 0.717) is 24.7 Å². The van der Waals surface area contributed by atoms with Gasteiger partial charge in [-0.3, -0.25) is 4.79 Å². The fraction of sp³-hybridized carbons (Fsp3) is 0.762. The number of carbonyl (C=O) groups excluding carboxylic acids is 1. The molecule has 0 aliphatic heterocycles. The van der Waals surface area contributed by atoms with Crippen molar-refractivity contribution in [3.8, 4) is 0 Å². The monoisotopic (exact) mass is 334 g/mol. The van der Waals surface area contributed by atoms with Gasteiger partial charge in [0.15, 0.2) is 0 Å². The van der Waals surface area contributed by atoms with Gasteiger partial charge in [-0.1, -0.05) is 45.4 Å². The Kier molecular flexibility index (Phi) is 5.34. The molecule has 2 saturated carbocycles. The van der Waals surface area contributed by atoms with E-state index >= 15 is 0 Å². The predicted octanol–water partition coefficient (Wildman–Crippen LogP) is 4.65. The van der Waals surface area contributed by atoms with Crippen LogP contribution < -0.4 is 0 Å². The largest absolute Gasteiger partial charge is 0.464 e. The van der Waals surface area contributed by atoms with Gasteiger partial charge in [0.05, 0.1) is 5.60 Å². The van der Waals surface area contributed by atoms with E-state index in [2.05, 4.69) is 33.9 Å². The number of ether oxygens (including phenoxy) is 1. The van der Waals surface area contributed by atoms with Crippen LogP contribution in [0.15, 0.2) is 24.8 Å². The topological polar surface area (TPSA) is 46.5 Å². The Labute approximate surface area is 147 Å². The molecule has 3 heteroatoms. The molecule has 0 aromatic carbocycles. The van der Waals surface area contributed by atoms with Gasteiger partial charge in [0, 0.05) is 12.3 Å². The Morgan fingerprint density at radius 1 is 1.38 bits per heavy atom. The maximum absolute atomic E-state index is 11.1. The SMILES string of the molecule is C=C[C@@](C)(O)CC[C@H]1C(=C)C[C@H](OC=O)[C@H]2C(C)(C)CCC[C@]12C. The number of fused-ring (bicyclic) bond motifs is 1. The highest BCUT2D eigenvalue weighted by molar-refractivity contribution is 5.38. The molecule has 0 bridgehead atoms. The molecule has 0 saturated heterocycles. The molecule has 136 valence electrons. The molecular weight excluding hydrogens is 300 g/mol. The third-order valence-electron chi connectivity index (χ3n) is 6.82. The lowest BCUT2D eigenvalue weighted by atomic mass is 9.46. The summed E-state index contributed by atoms with van der Waals surface area (Å²) in [6.07, 6.45) is 7.35. The number of rotatable bonds is 6. The molecule has 0 aromatic heterocycles. The summed E-state index contributed by atoms with van der Waals surface area (Å²) in [5.41, 5.74) is 0.521. The van der Waals surface area contributed by atoms with Crippen molar-refractivity contribution in [3.63, 3.8) is 0 Å². The van der Waals surface area contributed by atoms with Crippen molar-refractivity contribution >= 4 is 6.47 Å². The quantitative estimate of drug-likeness (QED) is 0.568. The molecule has 2 aliphatic rings. The smallest absolute Gasteiger partial charge is 0.293 e. The van der Waals surface area contributed by atoms with E-state index in [1.165, 1.54) is 6.42 Å². The minimum atomic E-state index is -0.841. The van der Waals surface area contributed by atoms with Crippen molar-refractivity contribution in [2.45, 2.75) is 77.9 Å². The maximum atomic E-state index is 11.1. The van der Waals surface area contributed by atoms with Crippen LogP contribution in [0.3, 0.4) is 0 Å².